The summed E-state index contributed by atoms with van der Waals surface area (Å²) in [5, 5.41) is 6.95. The number of fused-ring (bicyclic) bond motifs is 1. The highest BCUT2D eigenvalue weighted by Gasteiger charge is 2.05. The molecular weight excluding hydrogens is 252 g/mol. The second-order valence-corrected chi connectivity index (χ2v) is 4.11. The Morgan fingerprint density at radius 1 is 1.28 bits per heavy atom. The van der Waals surface area contributed by atoms with E-state index < -0.39 is 0 Å². The molecule has 0 bridgehead atoms. The van der Waals surface area contributed by atoms with Crippen LogP contribution < -0.4 is 10.6 Å². The smallest absolute Gasteiger partial charge is 0.224 e. The molecule has 0 spiro atoms. The molecule has 0 radical (unpaired) electrons. The standard InChI is InChI=1S/C12H13ClN4O/c1-8(18)14-6-7-15-11-9-4-2-3-5-10(9)16-12(13)17-11/h2-5H,6-7H2,1H3,(H,14,18)(H,15,16,17). The molecule has 0 saturated carbocycles. The Bertz CT molecular complexity index is 573. The van der Waals surface area contributed by atoms with Crippen molar-refractivity contribution >= 4 is 34.2 Å². The average Bonchev–Trinajstić information content (AvgIpc) is 2.34. The molecule has 2 aromatic rings. The van der Waals surface area contributed by atoms with E-state index in [0.717, 1.165) is 10.9 Å². The van der Waals surface area contributed by atoms with E-state index in [1.165, 1.54) is 6.92 Å². The molecule has 0 aliphatic carbocycles. The zero-order chi connectivity index (χ0) is 13.0. The van der Waals surface area contributed by atoms with E-state index in [4.69, 9.17) is 11.6 Å². The minimum Gasteiger partial charge on any atom is -0.368 e. The van der Waals surface area contributed by atoms with Crippen molar-refractivity contribution in [1.29, 1.82) is 0 Å². The highest BCUT2D eigenvalue weighted by molar-refractivity contribution is 6.28. The fraction of sp³-hybridized carbons (Fsp3) is 0.250. The van der Waals surface area contributed by atoms with E-state index >= 15 is 0 Å². The van der Waals surface area contributed by atoms with Gasteiger partial charge in [-0.05, 0) is 23.7 Å². The van der Waals surface area contributed by atoms with Crippen molar-refractivity contribution in [2.75, 3.05) is 18.4 Å². The lowest BCUT2D eigenvalue weighted by Crippen LogP contribution is -2.26. The largest absolute Gasteiger partial charge is 0.368 e. The maximum Gasteiger partial charge on any atom is 0.224 e. The Balaban J connectivity index is 2.14. The maximum atomic E-state index is 10.7. The lowest BCUT2D eigenvalue weighted by atomic mass is 10.2. The first-order valence-corrected chi connectivity index (χ1v) is 5.95. The van der Waals surface area contributed by atoms with Gasteiger partial charge in [0.1, 0.15) is 5.82 Å². The number of amides is 1. The third-order valence-electron chi connectivity index (χ3n) is 2.37. The fourth-order valence-electron chi connectivity index (χ4n) is 1.60. The van der Waals surface area contributed by atoms with Gasteiger partial charge in [0.15, 0.2) is 0 Å². The van der Waals surface area contributed by atoms with Gasteiger partial charge in [-0.25, -0.2) is 9.97 Å². The van der Waals surface area contributed by atoms with E-state index in [1.807, 2.05) is 24.3 Å². The molecule has 2 N–H and O–H groups in total. The van der Waals surface area contributed by atoms with Gasteiger partial charge in [0.25, 0.3) is 0 Å². The first kappa shape index (κ1) is 12.6. The van der Waals surface area contributed by atoms with Crippen LogP contribution in [-0.4, -0.2) is 29.0 Å². The van der Waals surface area contributed by atoms with Crippen molar-refractivity contribution in [1.82, 2.24) is 15.3 Å². The first-order valence-electron chi connectivity index (χ1n) is 5.57. The number of hydrogen-bond donors (Lipinski definition) is 2. The SMILES string of the molecule is CC(=O)NCCNc1nc(Cl)nc2ccccc12. The van der Waals surface area contributed by atoms with Crippen LogP contribution in [0.5, 0.6) is 0 Å². The van der Waals surface area contributed by atoms with Crippen LogP contribution in [-0.2, 0) is 4.79 Å². The first-order chi connectivity index (χ1) is 8.66. The van der Waals surface area contributed by atoms with Crippen LogP contribution in [0.3, 0.4) is 0 Å². The molecule has 1 heterocycles. The van der Waals surface area contributed by atoms with Crippen molar-refractivity contribution in [2.45, 2.75) is 6.92 Å². The second kappa shape index (κ2) is 5.64. The number of para-hydroxylation sites is 1. The number of halogens is 1. The summed E-state index contributed by atoms with van der Waals surface area (Å²) in [6, 6.07) is 7.61. The molecular formula is C12H13ClN4O. The van der Waals surface area contributed by atoms with E-state index in [2.05, 4.69) is 20.6 Å². The Labute approximate surface area is 110 Å². The van der Waals surface area contributed by atoms with Gasteiger partial charge >= 0.3 is 0 Å². The van der Waals surface area contributed by atoms with Gasteiger partial charge in [-0.1, -0.05) is 12.1 Å². The highest BCUT2D eigenvalue weighted by Crippen LogP contribution is 2.21. The van der Waals surface area contributed by atoms with Gasteiger partial charge in [0, 0.05) is 25.4 Å². The Morgan fingerprint density at radius 3 is 2.83 bits per heavy atom. The van der Waals surface area contributed by atoms with Gasteiger partial charge in [0.2, 0.25) is 11.2 Å². The van der Waals surface area contributed by atoms with Crippen LogP contribution in [0.1, 0.15) is 6.92 Å². The van der Waals surface area contributed by atoms with Crippen LogP contribution in [0.25, 0.3) is 10.9 Å². The Kier molecular flexibility index (Phi) is 3.94. The van der Waals surface area contributed by atoms with E-state index in [1.54, 1.807) is 0 Å². The summed E-state index contributed by atoms with van der Waals surface area (Å²) >= 11 is 5.86. The summed E-state index contributed by atoms with van der Waals surface area (Å²) in [5.41, 5.74) is 0.791. The van der Waals surface area contributed by atoms with Crippen molar-refractivity contribution in [3.63, 3.8) is 0 Å². The Morgan fingerprint density at radius 2 is 2.06 bits per heavy atom. The summed E-state index contributed by atoms with van der Waals surface area (Å²) in [4.78, 5) is 19.0. The number of anilines is 1. The number of nitrogens with zero attached hydrogens (tertiary/aromatic N) is 2. The van der Waals surface area contributed by atoms with E-state index in [-0.39, 0.29) is 11.2 Å². The highest BCUT2D eigenvalue weighted by atomic mass is 35.5. The molecule has 1 aromatic carbocycles. The number of aromatic nitrogens is 2. The molecule has 0 aliphatic heterocycles. The van der Waals surface area contributed by atoms with E-state index in [0.29, 0.717) is 18.9 Å². The summed E-state index contributed by atoms with van der Waals surface area (Å²) in [6.45, 7) is 2.60. The van der Waals surface area contributed by atoms with Crippen molar-refractivity contribution < 1.29 is 4.79 Å². The van der Waals surface area contributed by atoms with Gasteiger partial charge in [-0.15, -0.1) is 0 Å². The van der Waals surface area contributed by atoms with Crippen molar-refractivity contribution in [3.05, 3.63) is 29.5 Å². The van der Waals surface area contributed by atoms with Crippen LogP contribution in [0.2, 0.25) is 5.28 Å². The van der Waals surface area contributed by atoms with Gasteiger partial charge in [0.05, 0.1) is 5.52 Å². The number of carbonyl (C=O) groups is 1. The number of hydrogen-bond acceptors (Lipinski definition) is 4. The van der Waals surface area contributed by atoms with Crippen LogP contribution in [0.4, 0.5) is 5.82 Å². The third kappa shape index (κ3) is 3.07. The molecule has 6 heteroatoms. The molecule has 0 unspecified atom stereocenters. The topological polar surface area (TPSA) is 66.9 Å². The quantitative estimate of drug-likeness (QED) is 0.653. The van der Waals surface area contributed by atoms with Gasteiger partial charge in [-0.2, -0.15) is 0 Å². The molecule has 18 heavy (non-hydrogen) atoms. The minimum absolute atomic E-state index is 0.0534. The minimum atomic E-state index is -0.0534. The lowest BCUT2D eigenvalue weighted by Gasteiger charge is -2.09. The normalized spacial score (nSPS) is 10.3. The number of carbonyl (C=O) groups excluding carboxylic acids is 1. The fourth-order valence-corrected chi connectivity index (χ4v) is 1.78. The van der Waals surface area contributed by atoms with Crippen molar-refractivity contribution in [3.8, 4) is 0 Å². The summed E-state index contributed by atoms with van der Waals surface area (Å²) in [5.74, 6) is 0.623. The molecule has 0 saturated heterocycles. The average molecular weight is 265 g/mol. The number of nitrogens with one attached hydrogen (secondary N) is 2. The Hall–Kier alpha value is -1.88. The van der Waals surface area contributed by atoms with Crippen molar-refractivity contribution in [2.24, 2.45) is 0 Å². The van der Waals surface area contributed by atoms with Gasteiger partial charge < -0.3 is 10.6 Å². The third-order valence-corrected chi connectivity index (χ3v) is 2.54. The predicted molar refractivity (Wildman–Crippen MR) is 71.7 cm³/mol. The zero-order valence-corrected chi connectivity index (χ0v) is 10.7. The molecule has 1 amide bonds. The van der Waals surface area contributed by atoms with E-state index in [9.17, 15) is 4.79 Å². The molecule has 94 valence electrons. The number of benzene rings is 1. The van der Waals surface area contributed by atoms with Gasteiger partial charge in [-0.3, -0.25) is 4.79 Å². The molecule has 2 rings (SSSR count). The summed E-state index contributed by atoms with van der Waals surface area (Å²) in [6.07, 6.45) is 0. The maximum absolute atomic E-state index is 10.7. The molecule has 1 aromatic heterocycles. The molecule has 0 fully saturated rings. The van der Waals surface area contributed by atoms with Crippen LogP contribution in [0, 0.1) is 0 Å². The monoisotopic (exact) mass is 264 g/mol. The summed E-state index contributed by atoms with van der Waals surface area (Å²) in [7, 11) is 0. The van der Waals surface area contributed by atoms with Crippen LogP contribution in [0.15, 0.2) is 24.3 Å². The van der Waals surface area contributed by atoms with Crippen LogP contribution >= 0.6 is 11.6 Å². The second-order valence-electron chi connectivity index (χ2n) is 3.77. The lowest BCUT2D eigenvalue weighted by molar-refractivity contribution is -0.118. The predicted octanol–water partition coefficient (Wildman–Crippen LogP) is 1.83. The molecule has 0 atom stereocenters. The summed E-state index contributed by atoms with van der Waals surface area (Å²) < 4.78 is 0. The number of rotatable bonds is 4. The zero-order valence-electron chi connectivity index (χ0n) is 9.90. The molecule has 0 aliphatic rings. The molecule has 5 nitrogen and oxygen atoms in total.